The van der Waals surface area contributed by atoms with Crippen LogP contribution < -0.4 is 10.2 Å². The molecule has 2 aliphatic rings. The minimum absolute atomic E-state index is 0. The molecule has 134 valence electrons. The summed E-state index contributed by atoms with van der Waals surface area (Å²) in [6, 6.07) is 2.47. The summed E-state index contributed by atoms with van der Waals surface area (Å²) < 4.78 is 38.6. The highest BCUT2D eigenvalue weighted by Crippen LogP contribution is 2.44. The summed E-state index contributed by atoms with van der Waals surface area (Å²) >= 11 is 0. The van der Waals surface area contributed by atoms with Gasteiger partial charge in [-0.15, -0.1) is 12.4 Å². The number of nitrogens with zero attached hydrogens (tertiary/aromatic N) is 2. The third kappa shape index (κ3) is 3.67. The van der Waals surface area contributed by atoms with Crippen molar-refractivity contribution in [2.75, 3.05) is 11.4 Å². The first-order chi connectivity index (χ1) is 10.7. The van der Waals surface area contributed by atoms with Crippen molar-refractivity contribution in [1.29, 1.82) is 0 Å². The van der Waals surface area contributed by atoms with Gasteiger partial charge >= 0.3 is 6.18 Å². The fraction of sp³-hybridized carbons (Fsp3) is 0.625. The number of amides is 1. The Bertz CT molecular complexity index is 613. The average molecular weight is 364 g/mol. The van der Waals surface area contributed by atoms with Crippen molar-refractivity contribution in [3.05, 3.63) is 23.9 Å². The summed E-state index contributed by atoms with van der Waals surface area (Å²) in [7, 11) is 0. The number of anilines is 1. The molecular formula is C16H21ClF3N3O. The lowest BCUT2D eigenvalue weighted by atomic mass is 9.73. The predicted molar refractivity (Wildman–Crippen MR) is 87.2 cm³/mol. The number of halogens is 4. The van der Waals surface area contributed by atoms with E-state index in [4.69, 9.17) is 0 Å². The van der Waals surface area contributed by atoms with Gasteiger partial charge in [0.25, 0.3) is 0 Å². The molecule has 1 aromatic rings. The third-order valence-electron chi connectivity index (χ3n) is 4.72. The largest absolute Gasteiger partial charge is 0.416 e. The summed E-state index contributed by atoms with van der Waals surface area (Å²) in [4.78, 5) is 17.8. The smallest absolute Gasteiger partial charge is 0.312 e. The van der Waals surface area contributed by atoms with Gasteiger partial charge in [0.2, 0.25) is 5.91 Å². The minimum Gasteiger partial charge on any atom is -0.312 e. The summed E-state index contributed by atoms with van der Waals surface area (Å²) in [5, 5.41) is 3.43. The summed E-state index contributed by atoms with van der Waals surface area (Å²) in [6.07, 6.45) is -1.25. The molecule has 4 nitrogen and oxygen atoms in total. The van der Waals surface area contributed by atoms with E-state index in [0.717, 1.165) is 31.2 Å². The summed E-state index contributed by atoms with van der Waals surface area (Å²) in [5.74, 6) is -0.0429. The number of hydrogen-bond donors (Lipinski definition) is 1. The van der Waals surface area contributed by atoms with Gasteiger partial charge in [-0.25, -0.2) is 4.98 Å². The second kappa shape index (κ2) is 6.52. The first kappa shape index (κ1) is 19.0. The standard InChI is InChI=1S/C16H20F3N3O.ClH/c1-10-6-15(7-11(2)21-10)8-14(23)22(9-15)13-5-12(3-4-20-13)16(17,18)19;/h3-5,10-11,21H,6-9H2,1-2H3;1H. The number of carbonyl (C=O) groups is 1. The van der Waals surface area contributed by atoms with Crippen molar-refractivity contribution in [2.24, 2.45) is 5.41 Å². The van der Waals surface area contributed by atoms with Gasteiger partial charge in [0, 0.05) is 36.7 Å². The molecule has 0 aliphatic carbocycles. The SMILES string of the molecule is CC1CC2(CC(=O)N(c3cc(C(F)(F)F)ccn3)C2)CC(C)N1.Cl. The van der Waals surface area contributed by atoms with Crippen LogP contribution in [0.2, 0.25) is 0 Å². The van der Waals surface area contributed by atoms with Crippen LogP contribution in [0.4, 0.5) is 19.0 Å². The quantitative estimate of drug-likeness (QED) is 0.831. The molecule has 8 heteroatoms. The molecule has 24 heavy (non-hydrogen) atoms. The predicted octanol–water partition coefficient (Wildman–Crippen LogP) is 3.41. The van der Waals surface area contributed by atoms with Crippen LogP contribution in [0.15, 0.2) is 18.3 Å². The number of alkyl halides is 3. The van der Waals surface area contributed by atoms with Crippen LogP contribution in [0.5, 0.6) is 0 Å². The van der Waals surface area contributed by atoms with E-state index in [9.17, 15) is 18.0 Å². The number of nitrogens with one attached hydrogen (secondary N) is 1. The molecule has 2 saturated heterocycles. The number of pyridine rings is 1. The number of carbonyl (C=O) groups excluding carboxylic acids is 1. The molecule has 1 amide bonds. The van der Waals surface area contributed by atoms with Crippen molar-refractivity contribution in [2.45, 2.75) is 51.4 Å². The van der Waals surface area contributed by atoms with E-state index in [0.29, 0.717) is 25.0 Å². The maximum absolute atomic E-state index is 12.9. The van der Waals surface area contributed by atoms with Gasteiger partial charge in [-0.2, -0.15) is 13.2 Å². The van der Waals surface area contributed by atoms with Gasteiger partial charge in [0.05, 0.1) is 5.56 Å². The Morgan fingerprint density at radius 2 is 1.92 bits per heavy atom. The Morgan fingerprint density at radius 3 is 2.50 bits per heavy atom. The summed E-state index contributed by atoms with van der Waals surface area (Å²) in [6.45, 7) is 4.59. The van der Waals surface area contributed by atoms with E-state index < -0.39 is 11.7 Å². The second-order valence-corrected chi connectivity index (χ2v) is 6.93. The molecule has 1 N–H and O–H groups in total. The number of rotatable bonds is 1. The van der Waals surface area contributed by atoms with E-state index in [1.54, 1.807) is 0 Å². The molecule has 2 aliphatic heterocycles. The first-order valence-corrected chi connectivity index (χ1v) is 7.78. The fourth-order valence-corrected chi connectivity index (χ4v) is 4.11. The maximum Gasteiger partial charge on any atom is 0.416 e. The highest BCUT2D eigenvalue weighted by molar-refractivity contribution is 5.95. The van der Waals surface area contributed by atoms with Crippen molar-refractivity contribution in [1.82, 2.24) is 10.3 Å². The van der Waals surface area contributed by atoms with Gasteiger partial charge < -0.3 is 5.32 Å². The third-order valence-corrected chi connectivity index (χ3v) is 4.72. The van der Waals surface area contributed by atoms with Gasteiger partial charge in [-0.05, 0) is 38.8 Å². The molecule has 1 aromatic heterocycles. The van der Waals surface area contributed by atoms with Gasteiger partial charge in [0.1, 0.15) is 5.82 Å². The van der Waals surface area contributed by atoms with Crippen molar-refractivity contribution in [3.8, 4) is 0 Å². The summed E-state index contributed by atoms with van der Waals surface area (Å²) in [5.41, 5.74) is -0.944. The first-order valence-electron chi connectivity index (χ1n) is 7.78. The van der Waals surface area contributed by atoms with Crippen LogP contribution >= 0.6 is 12.4 Å². The molecule has 1 spiro atoms. The Balaban J connectivity index is 0.00000208. The van der Waals surface area contributed by atoms with Crippen molar-refractivity contribution < 1.29 is 18.0 Å². The average Bonchev–Trinajstić information content (AvgIpc) is 2.72. The Labute approximate surface area is 145 Å². The van der Waals surface area contributed by atoms with Crippen LogP contribution in [0.25, 0.3) is 0 Å². The van der Waals surface area contributed by atoms with E-state index in [1.807, 2.05) is 0 Å². The van der Waals surface area contributed by atoms with Gasteiger partial charge in [-0.3, -0.25) is 9.69 Å². The van der Waals surface area contributed by atoms with Gasteiger partial charge in [0.15, 0.2) is 0 Å². The molecule has 0 radical (unpaired) electrons. The molecule has 2 atom stereocenters. The van der Waals surface area contributed by atoms with Crippen molar-refractivity contribution >= 4 is 24.1 Å². The number of piperidine rings is 1. The van der Waals surface area contributed by atoms with Crippen LogP contribution in [-0.4, -0.2) is 29.5 Å². The normalized spacial score (nSPS) is 30.5. The highest BCUT2D eigenvalue weighted by atomic mass is 35.5. The highest BCUT2D eigenvalue weighted by Gasteiger charge is 2.47. The van der Waals surface area contributed by atoms with Gasteiger partial charge in [-0.1, -0.05) is 0 Å². The minimum atomic E-state index is -4.43. The van der Waals surface area contributed by atoms with Crippen molar-refractivity contribution in [3.63, 3.8) is 0 Å². The second-order valence-electron chi connectivity index (χ2n) is 6.93. The van der Waals surface area contributed by atoms with E-state index in [1.165, 1.54) is 4.90 Å². The van der Waals surface area contributed by atoms with Crippen LogP contribution in [0.3, 0.4) is 0 Å². The molecular weight excluding hydrogens is 343 g/mol. The number of aromatic nitrogens is 1. The molecule has 0 saturated carbocycles. The molecule has 2 fully saturated rings. The monoisotopic (exact) mass is 363 g/mol. The number of hydrogen-bond acceptors (Lipinski definition) is 3. The fourth-order valence-electron chi connectivity index (χ4n) is 4.11. The van der Waals surface area contributed by atoms with E-state index >= 15 is 0 Å². The van der Waals surface area contributed by atoms with E-state index in [2.05, 4.69) is 24.1 Å². The Hall–Kier alpha value is -1.34. The lowest BCUT2D eigenvalue weighted by molar-refractivity contribution is -0.137. The zero-order valence-electron chi connectivity index (χ0n) is 13.6. The van der Waals surface area contributed by atoms with E-state index in [-0.39, 0.29) is 29.5 Å². The van der Waals surface area contributed by atoms with Crippen LogP contribution in [0, 0.1) is 5.41 Å². The molecule has 3 heterocycles. The van der Waals surface area contributed by atoms with Crippen LogP contribution in [0.1, 0.15) is 38.7 Å². The molecule has 3 rings (SSSR count). The molecule has 0 bridgehead atoms. The lowest BCUT2D eigenvalue weighted by Gasteiger charge is -2.40. The Morgan fingerprint density at radius 1 is 1.29 bits per heavy atom. The Kier molecular flexibility index (Phi) is 5.16. The topological polar surface area (TPSA) is 45.2 Å². The maximum atomic E-state index is 12.9. The van der Waals surface area contributed by atoms with Crippen LogP contribution in [-0.2, 0) is 11.0 Å². The molecule has 2 unspecified atom stereocenters. The lowest BCUT2D eigenvalue weighted by Crippen LogP contribution is -2.48. The molecule has 0 aromatic carbocycles. The zero-order valence-corrected chi connectivity index (χ0v) is 14.4. The zero-order chi connectivity index (χ0) is 16.8.